The molecule has 2 rings (SSSR count). The predicted octanol–water partition coefficient (Wildman–Crippen LogP) is 3.77. The van der Waals surface area contributed by atoms with Crippen LogP contribution in [0.15, 0.2) is 22.9 Å². The van der Waals surface area contributed by atoms with Gasteiger partial charge in [0.1, 0.15) is 4.60 Å². The van der Waals surface area contributed by atoms with Crippen LogP contribution in [0.3, 0.4) is 0 Å². The minimum Gasteiger partial charge on any atom is -0.381 e. The third kappa shape index (κ3) is 4.46. The molecule has 0 aromatic carbocycles. The van der Waals surface area contributed by atoms with E-state index < -0.39 is 0 Å². The van der Waals surface area contributed by atoms with Crippen molar-refractivity contribution in [3.63, 3.8) is 0 Å². The summed E-state index contributed by atoms with van der Waals surface area (Å²) in [6.07, 6.45) is 5.81. The van der Waals surface area contributed by atoms with Crippen molar-refractivity contribution in [3.8, 4) is 0 Å². The summed E-state index contributed by atoms with van der Waals surface area (Å²) in [4.78, 5) is 6.87. The van der Waals surface area contributed by atoms with Gasteiger partial charge in [0.2, 0.25) is 0 Å². The fraction of sp³-hybridized carbons (Fsp3) is 0.667. The van der Waals surface area contributed by atoms with Crippen molar-refractivity contribution in [2.45, 2.75) is 39.2 Å². The highest BCUT2D eigenvalue weighted by Gasteiger charge is 2.24. The van der Waals surface area contributed by atoms with Crippen LogP contribution in [0.4, 0.5) is 5.69 Å². The van der Waals surface area contributed by atoms with E-state index in [1.165, 1.54) is 38.9 Å². The van der Waals surface area contributed by atoms with Gasteiger partial charge in [0, 0.05) is 12.6 Å². The maximum atomic E-state index is 4.27. The molecule has 2 heterocycles. The van der Waals surface area contributed by atoms with Crippen molar-refractivity contribution in [3.05, 3.63) is 22.9 Å². The standard InChI is InChI=1S/C15H24BrN3/c1-3-8-19-9-4-5-13(11-19)12(2)18-14-6-7-15(16)17-10-14/h6-7,10,12-13,18H,3-5,8-9,11H2,1-2H3. The highest BCUT2D eigenvalue weighted by atomic mass is 79.9. The molecule has 1 aliphatic heterocycles. The molecule has 0 aliphatic carbocycles. The van der Waals surface area contributed by atoms with Crippen molar-refractivity contribution < 1.29 is 0 Å². The Balaban J connectivity index is 1.88. The number of pyridine rings is 1. The molecule has 0 saturated carbocycles. The topological polar surface area (TPSA) is 28.2 Å². The van der Waals surface area contributed by atoms with E-state index in [1.54, 1.807) is 0 Å². The molecule has 2 unspecified atom stereocenters. The van der Waals surface area contributed by atoms with Crippen molar-refractivity contribution in [2.24, 2.45) is 5.92 Å². The molecular weight excluding hydrogens is 302 g/mol. The van der Waals surface area contributed by atoms with Gasteiger partial charge in [0.15, 0.2) is 0 Å². The molecule has 4 heteroatoms. The Bertz CT molecular complexity index is 377. The second-order valence-electron chi connectivity index (χ2n) is 5.51. The molecule has 1 aromatic heterocycles. The van der Waals surface area contributed by atoms with Crippen molar-refractivity contribution in [1.82, 2.24) is 9.88 Å². The molecule has 106 valence electrons. The van der Waals surface area contributed by atoms with Gasteiger partial charge in [0.25, 0.3) is 0 Å². The van der Waals surface area contributed by atoms with Crippen LogP contribution >= 0.6 is 15.9 Å². The van der Waals surface area contributed by atoms with E-state index >= 15 is 0 Å². The SMILES string of the molecule is CCCN1CCCC(C(C)Nc2ccc(Br)nc2)C1. The molecule has 1 saturated heterocycles. The van der Waals surface area contributed by atoms with Crippen LogP contribution in [-0.2, 0) is 0 Å². The molecule has 0 bridgehead atoms. The summed E-state index contributed by atoms with van der Waals surface area (Å²) in [6.45, 7) is 8.30. The molecule has 1 aromatic rings. The Labute approximate surface area is 124 Å². The molecule has 3 nitrogen and oxygen atoms in total. The van der Waals surface area contributed by atoms with Gasteiger partial charge in [-0.3, -0.25) is 0 Å². The average molecular weight is 326 g/mol. The van der Waals surface area contributed by atoms with E-state index in [0.29, 0.717) is 6.04 Å². The summed E-state index contributed by atoms with van der Waals surface area (Å²) in [6, 6.07) is 4.57. The lowest BCUT2D eigenvalue weighted by Crippen LogP contribution is -2.42. The van der Waals surface area contributed by atoms with Gasteiger partial charge in [0.05, 0.1) is 11.9 Å². The second-order valence-corrected chi connectivity index (χ2v) is 6.32. The number of halogens is 1. The first-order valence-corrected chi connectivity index (χ1v) is 8.08. The minimum atomic E-state index is 0.502. The zero-order chi connectivity index (χ0) is 13.7. The third-order valence-corrected chi connectivity index (χ3v) is 4.38. The van der Waals surface area contributed by atoms with Gasteiger partial charge >= 0.3 is 0 Å². The van der Waals surface area contributed by atoms with Gasteiger partial charge < -0.3 is 10.2 Å². The van der Waals surface area contributed by atoms with E-state index in [2.05, 4.69) is 51.0 Å². The zero-order valence-corrected chi connectivity index (χ0v) is 13.5. The number of aromatic nitrogens is 1. The third-order valence-electron chi connectivity index (χ3n) is 3.91. The number of anilines is 1. The fourth-order valence-corrected chi connectivity index (χ4v) is 3.10. The summed E-state index contributed by atoms with van der Waals surface area (Å²) < 4.78 is 0.887. The van der Waals surface area contributed by atoms with Crippen LogP contribution in [-0.4, -0.2) is 35.6 Å². The number of hydrogen-bond donors (Lipinski definition) is 1. The van der Waals surface area contributed by atoms with Gasteiger partial charge in [-0.2, -0.15) is 0 Å². The normalized spacial score (nSPS) is 22.2. The summed E-state index contributed by atoms with van der Waals surface area (Å²) in [7, 11) is 0. The van der Waals surface area contributed by atoms with Crippen LogP contribution in [0.2, 0.25) is 0 Å². The Morgan fingerprint density at radius 2 is 2.37 bits per heavy atom. The Morgan fingerprint density at radius 1 is 1.53 bits per heavy atom. The smallest absolute Gasteiger partial charge is 0.106 e. The fourth-order valence-electron chi connectivity index (χ4n) is 2.86. The summed E-state index contributed by atoms with van der Waals surface area (Å²) in [5.74, 6) is 0.740. The van der Waals surface area contributed by atoms with Gasteiger partial charge in [-0.15, -0.1) is 0 Å². The monoisotopic (exact) mass is 325 g/mol. The van der Waals surface area contributed by atoms with Crippen molar-refractivity contribution in [2.75, 3.05) is 25.0 Å². The zero-order valence-electron chi connectivity index (χ0n) is 11.9. The molecule has 1 N–H and O–H groups in total. The molecular formula is C15H24BrN3. The summed E-state index contributed by atoms with van der Waals surface area (Å²) in [5, 5.41) is 3.59. The van der Waals surface area contributed by atoms with Crippen LogP contribution in [0.25, 0.3) is 0 Å². The van der Waals surface area contributed by atoms with E-state index in [-0.39, 0.29) is 0 Å². The highest BCUT2D eigenvalue weighted by Crippen LogP contribution is 2.22. The molecule has 2 atom stereocenters. The van der Waals surface area contributed by atoms with E-state index in [0.717, 1.165) is 16.2 Å². The lowest BCUT2D eigenvalue weighted by atomic mass is 9.91. The van der Waals surface area contributed by atoms with Gasteiger partial charge in [-0.05, 0) is 73.3 Å². The molecule has 1 aliphatic rings. The summed E-state index contributed by atoms with van der Waals surface area (Å²) in [5.41, 5.74) is 1.11. The highest BCUT2D eigenvalue weighted by molar-refractivity contribution is 9.10. The molecule has 19 heavy (non-hydrogen) atoms. The van der Waals surface area contributed by atoms with Crippen molar-refractivity contribution in [1.29, 1.82) is 0 Å². The number of piperidine rings is 1. The largest absolute Gasteiger partial charge is 0.381 e. The van der Waals surface area contributed by atoms with Crippen LogP contribution in [0.1, 0.15) is 33.1 Å². The van der Waals surface area contributed by atoms with Gasteiger partial charge in [-0.25, -0.2) is 4.98 Å². The van der Waals surface area contributed by atoms with E-state index in [4.69, 9.17) is 0 Å². The first kappa shape index (κ1) is 14.8. The number of likely N-dealkylation sites (tertiary alicyclic amines) is 1. The predicted molar refractivity (Wildman–Crippen MR) is 84.5 cm³/mol. The van der Waals surface area contributed by atoms with Crippen LogP contribution in [0.5, 0.6) is 0 Å². The average Bonchev–Trinajstić information content (AvgIpc) is 2.42. The first-order chi connectivity index (χ1) is 9.19. The van der Waals surface area contributed by atoms with Crippen LogP contribution in [0, 0.1) is 5.92 Å². The maximum absolute atomic E-state index is 4.27. The van der Waals surface area contributed by atoms with Gasteiger partial charge in [-0.1, -0.05) is 6.92 Å². The maximum Gasteiger partial charge on any atom is 0.106 e. The number of nitrogens with one attached hydrogen (secondary N) is 1. The number of nitrogens with zero attached hydrogens (tertiary/aromatic N) is 2. The summed E-state index contributed by atoms with van der Waals surface area (Å²) >= 11 is 3.37. The molecule has 1 fully saturated rings. The Hall–Kier alpha value is -0.610. The van der Waals surface area contributed by atoms with Crippen molar-refractivity contribution >= 4 is 21.6 Å². The Morgan fingerprint density at radius 3 is 3.05 bits per heavy atom. The molecule has 0 amide bonds. The second kappa shape index (κ2) is 7.25. The van der Waals surface area contributed by atoms with Crippen LogP contribution < -0.4 is 5.32 Å². The number of hydrogen-bond acceptors (Lipinski definition) is 3. The lowest BCUT2D eigenvalue weighted by Gasteiger charge is -2.36. The molecule has 0 spiro atoms. The number of rotatable bonds is 5. The minimum absolute atomic E-state index is 0.502. The van der Waals surface area contributed by atoms with E-state index in [1.807, 2.05) is 12.3 Å². The first-order valence-electron chi connectivity index (χ1n) is 7.29. The van der Waals surface area contributed by atoms with E-state index in [9.17, 15) is 0 Å². The quantitative estimate of drug-likeness (QED) is 0.835. The molecule has 0 radical (unpaired) electrons. The lowest BCUT2D eigenvalue weighted by molar-refractivity contribution is 0.165. The Kier molecular flexibility index (Phi) is 5.64.